The molecule has 0 bridgehead atoms. The van der Waals surface area contributed by atoms with E-state index in [9.17, 15) is 5.11 Å². The lowest BCUT2D eigenvalue weighted by Gasteiger charge is -2.18. The van der Waals surface area contributed by atoms with Gasteiger partial charge in [0.1, 0.15) is 5.82 Å². The number of nitrogens with one attached hydrogen (secondary N) is 4. The number of pyridine rings is 2. The van der Waals surface area contributed by atoms with Crippen LogP contribution in [0.2, 0.25) is 0 Å². The molecule has 10 nitrogen and oxygen atoms in total. The van der Waals surface area contributed by atoms with E-state index in [2.05, 4.69) is 54.7 Å². The third kappa shape index (κ3) is 4.16. The Morgan fingerprint density at radius 3 is 2.91 bits per heavy atom. The number of benzene rings is 1. The molecule has 4 aromatic rings. The van der Waals surface area contributed by atoms with E-state index in [1.54, 1.807) is 18.6 Å². The third-order valence-electron chi connectivity index (χ3n) is 6.17. The van der Waals surface area contributed by atoms with Gasteiger partial charge in [0.15, 0.2) is 17.5 Å². The molecule has 1 fully saturated rings. The van der Waals surface area contributed by atoms with E-state index in [0.717, 1.165) is 47.2 Å². The molecule has 172 valence electrons. The second-order valence-electron chi connectivity index (χ2n) is 8.58. The Hall–Kier alpha value is -4.02. The highest BCUT2D eigenvalue weighted by Crippen LogP contribution is 2.29. The fraction of sp³-hybridized carbons (Fsp3) is 0.250. The molecule has 2 aliphatic rings. The van der Waals surface area contributed by atoms with Gasteiger partial charge < -0.3 is 15.7 Å². The monoisotopic (exact) mass is 455 g/mol. The Balaban J connectivity index is 1.18. The zero-order valence-corrected chi connectivity index (χ0v) is 18.4. The van der Waals surface area contributed by atoms with E-state index < -0.39 is 0 Å². The normalized spacial score (nSPS) is 19.1. The van der Waals surface area contributed by atoms with Crippen LogP contribution < -0.4 is 26.6 Å². The van der Waals surface area contributed by atoms with E-state index in [-0.39, 0.29) is 12.1 Å². The average Bonchev–Trinajstić information content (AvgIpc) is 3.45. The lowest BCUT2D eigenvalue weighted by molar-refractivity contribution is 0.171. The Labute approximate surface area is 196 Å². The van der Waals surface area contributed by atoms with Gasteiger partial charge in [-0.1, -0.05) is 12.1 Å². The summed E-state index contributed by atoms with van der Waals surface area (Å²) in [7, 11) is 0. The Morgan fingerprint density at radius 2 is 2.00 bits per heavy atom. The van der Waals surface area contributed by atoms with Gasteiger partial charge in [-0.15, -0.1) is 5.53 Å². The number of aliphatic hydroxyl groups is 1. The summed E-state index contributed by atoms with van der Waals surface area (Å²) in [6.45, 7) is 0.607. The van der Waals surface area contributed by atoms with Crippen LogP contribution in [-0.2, 0) is 6.54 Å². The van der Waals surface area contributed by atoms with E-state index >= 15 is 0 Å². The van der Waals surface area contributed by atoms with Gasteiger partial charge >= 0.3 is 0 Å². The van der Waals surface area contributed by atoms with Crippen molar-refractivity contribution in [2.75, 3.05) is 21.1 Å². The maximum atomic E-state index is 10.1. The molecule has 1 unspecified atom stereocenters. The number of fused-ring (bicyclic) bond motifs is 2. The van der Waals surface area contributed by atoms with Gasteiger partial charge in [-0.25, -0.2) is 15.0 Å². The number of aliphatic hydroxyl groups excluding tert-OH is 1. The molecular formula is C24H25N9O. The van der Waals surface area contributed by atoms with Crippen LogP contribution in [0.25, 0.3) is 10.9 Å². The SMILES string of the molecule is OC1CCC[C@H]1Nc1cc(Nc2cnc3c(n2)N(Cc2ccc4ncccc4c2)NN3)ccn1. The molecule has 0 spiro atoms. The van der Waals surface area contributed by atoms with E-state index in [1.165, 1.54) is 0 Å². The molecule has 5 N–H and O–H groups in total. The van der Waals surface area contributed by atoms with Gasteiger partial charge in [-0.3, -0.25) is 15.4 Å². The lowest BCUT2D eigenvalue weighted by atomic mass is 10.1. The zero-order chi connectivity index (χ0) is 22.9. The van der Waals surface area contributed by atoms with Crippen LogP contribution in [0.15, 0.2) is 61.1 Å². The van der Waals surface area contributed by atoms with Crippen LogP contribution in [0.1, 0.15) is 24.8 Å². The number of anilines is 5. The number of rotatable bonds is 6. The molecule has 0 radical (unpaired) electrons. The highest BCUT2D eigenvalue weighted by molar-refractivity contribution is 5.79. The molecule has 1 saturated carbocycles. The van der Waals surface area contributed by atoms with Gasteiger partial charge in [0.05, 0.1) is 30.4 Å². The van der Waals surface area contributed by atoms with Crippen molar-refractivity contribution in [3.05, 3.63) is 66.6 Å². The first-order valence-electron chi connectivity index (χ1n) is 11.4. The number of hydrogen-bond acceptors (Lipinski definition) is 10. The van der Waals surface area contributed by atoms with Gasteiger partial charge in [0, 0.05) is 29.5 Å². The Morgan fingerprint density at radius 1 is 1.03 bits per heavy atom. The van der Waals surface area contributed by atoms with Gasteiger partial charge in [-0.2, -0.15) is 0 Å². The number of hydrazine groups is 2. The van der Waals surface area contributed by atoms with Crippen LogP contribution in [-0.4, -0.2) is 37.2 Å². The molecule has 6 rings (SSSR count). The molecule has 4 heterocycles. The summed E-state index contributed by atoms with van der Waals surface area (Å²) in [4.78, 5) is 18.0. The van der Waals surface area contributed by atoms with Crippen LogP contribution in [0, 0.1) is 0 Å². The van der Waals surface area contributed by atoms with Crippen molar-refractivity contribution < 1.29 is 5.11 Å². The van der Waals surface area contributed by atoms with Crippen molar-refractivity contribution in [1.29, 1.82) is 0 Å². The predicted molar refractivity (Wildman–Crippen MR) is 132 cm³/mol. The first-order chi connectivity index (χ1) is 16.7. The maximum Gasteiger partial charge on any atom is 0.191 e. The van der Waals surface area contributed by atoms with Crippen molar-refractivity contribution in [2.45, 2.75) is 38.0 Å². The van der Waals surface area contributed by atoms with Crippen molar-refractivity contribution in [1.82, 2.24) is 25.5 Å². The molecule has 2 atom stereocenters. The molecule has 1 aromatic carbocycles. The summed E-state index contributed by atoms with van der Waals surface area (Å²) >= 11 is 0. The summed E-state index contributed by atoms with van der Waals surface area (Å²) in [5.41, 5.74) is 9.14. The second-order valence-corrected chi connectivity index (χ2v) is 8.58. The summed E-state index contributed by atoms with van der Waals surface area (Å²) < 4.78 is 0. The molecule has 0 amide bonds. The lowest BCUT2D eigenvalue weighted by Crippen LogP contribution is -2.35. The fourth-order valence-corrected chi connectivity index (χ4v) is 4.44. The third-order valence-corrected chi connectivity index (χ3v) is 6.17. The minimum atomic E-state index is -0.328. The zero-order valence-electron chi connectivity index (χ0n) is 18.4. The minimum absolute atomic E-state index is 0.0409. The van der Waals surface area contributed by atoms with Gasteiger partial charge in [0.25, 0.3) is 0 Å². The molecule has 1 aliphatic heterocycles. The highest BCUT2D eigenvalue weighted by Gasteiger charge is 2.25. The Bertz CT molecular complexity index is 1330. The first kappa shape index (κ1) is 20.6. The highest BCUT2D eigenvalue weighted by atomic mass is 16.3. The summed E-state index contributed by atoms with van der Waals surface area (Å²) in [6.07, 6.45) is 7.69. The maximum absolute atomic E-state index is 10.1. The number of nitrogens with zero attached hydrogens (tertiary/aromatic N) is 5. The van der Waals surface area contributed by atoms with Crippen molar-refractivity contribution >= 4 is 39.9 Å². The minimum Gasteiger partial charge on any atom is -0.391 e. The summed E-state index contributed by atoms with van der Waals surface area (Å²) in [5.74, 6) is 2.72. The first-order valence-corrected chi connectivity index (χ1v) is 11.4. The van der Waals surface area contributed by atoms with Crippen molar-refractivity contribution in [3.8, 4) is 0 Å². The predicted octanol–water partition coefficient (Wildman–Crippen LogP) is 3.34. The van der Waals surface area contributed by atoms with Crippen LogP contribution in [0.5, 0.6) is 0 Å². The van der Waals surface area contributed by atoms with Crippen LogP contribution in [0.3, 0.4) is 0 Å². The largest absolute Gasteiger partial charge is 0.391 e. The Kier molecular flexibility index (Phi) is 5.28. The fourth-order valence-electron chi connectivity index (χ4n) is 4.44. The van der Waals surface area contributed by atoms with E-state index in [1.807, 2.05) is 29.3 Å². The molecule has 3 aromatic heterocycles. The molecule has 1 aliphatic carbocycles. The second kappa shape index (κ2) is 8.73. The molecule has 34 heavy (non-hydrogen) atoms. The average molecular weight is 456 g/mol. The van der Waals surface area contributed by atoms with Gasteiger partial charge in [-0.05, 0) is 49.1 Å². The molecule has 0 saturated heterocycles. The standard InChI is InChI=1S/C24H25N9O/c34-20-5-1-4-19(20)29-21-12-17(8-10-26-21)28-22-13-27-23-24(30-22)33(32-31-23)14-15-6-7-18-16(11-15)3-2-9-25-18/h2-3,6-13,19-20,32,34H,1,4-5,14H2,(H,27,31)(H2,26,28,29,30)/t19-,20?/m1/s1. The quantitative estimate of drug-likeness (QED) is 0.296. The molecular weight excluding hydrogens is 430 g/mol. The van der Waals surface area contributed by atoms with E-state index in [0.29, 0.717) is 24.0 Å². The molecule has 10 heteroatoms. The number of aromatic nitrogens is 4. The van der Waals surface area contributed by atoms with Crippen LogP contribution >= 0.6 is 0 Å². The topological polar surface area (TPSA) is 123 Å². The van der Waals surface area contributed by atoms with Crippen molar-refractivity contribution in [3.63, 3.8) is 0 Å². The summed E-state index contributed by atoms with van der Waals surface area (Å²) in [6, 6.07) is 14.1. The number of hydrogen-bond donors (Lipinski definition) is 5. The van der Waals surface area contributed by atoms with Crippen molar-refractivity contribution in [2.24, 2.45) is 0 Å². The summed E-state index contributed by atoms with van der Waals surface area (Å²) in [5, 5.41) is 19.8. The van der Waals surface area contributed by atoms with Gasteiger partial charge in [0.2, 0.25) is 0 Å². The smallest absolute Gasteiger partial charge is 0.191 e. The van der Waals surface area contributed by atoms with Crippen LogP contribution in [0.4, 0.5) is 29.0 Å². The van der Waals surface area contributed by atoms with E-state index in [4.69, 9.17) is 4.98 Å².